The number of anilines is 2. The Labute approximate surface area is 209 Å². The average molecular weight is 514 g/mol. The van der Waals surface area contributed by atoms with Crippen molar-refractivity contribution in [3.8, 4) is 0 Å². The minimum atomic E-state index is -1.58. The first kappa shape index (κ1) is 26.3. The smallest absolute Gasteiger partial charge is 0.261 e. The highest BCUT2D eigenvalue weighted by Crippen LogP contribution is 2.27. The van der Waals surface area contributed by atoms with Crippen LogP contribution in [0, 0.1) is 0 Å². The molecule has 0 saturated heterocycles. The predicted molar refractivity (Wildman–Crippen MR) is 128 cm³/mol. The number of carbonyl (C=O) groups is 4. The molecule has 1 atom stereocenters. The number of aromatic nitrogens is 2. The molecule has 2 amide bonds. The van der Waals surface area contributed by atoms with Crippen LogP contribution in [0.5, 0.6) is 0 Å². The molecule has 0 radical (unpaired) electrons. The lowest BCUT2D eigenvalue weighted by Crippen LogP contribution is -2.48. The largest absolute Gasteiger partial charge is 0.550 e. The highest BCUT2D eigenvalue weighted by molar-refractivity contribution is 7.18. The molecule has 12 nitrogen and oxygen atoms in total. The van der Waals surface area contributed by atoms with Crippen LogP contribution >= 0.6 is 11.3 Å². The first-order valence-corrected chi connectivity index (χ1v) is 11.6. The summed E-state index contributed by atoms with van der Waals surface area (Å²) in [6, 6.07) is 6.93. The van der Waals surface area contributed by atoms with Gasteiger partial charge in [0.05, 0.1) is 32.8 Å². The monoisotopic (exact) mass is 513 g/mol. The standard InChI is InChI=1S/C23H25N5O7S/c1-12(29)28(3)23-25-15-5-4-13(10-14(15)20(32)26-23)11-27(2)18-8-7-17(36-18)21(33)24-16(22(34)35)6-9-19(30)31/h4-5,7-8,10,16H,6,9,11H2,1-3H3,(H,24,33)(H,30,31)(H,34,35)(H,25,26,32)/p-2/t16-/m0/s1. The molecule has 2 heterocycles. The molecule has 0 fully saturated rings. The maximum absolute atomic E-state index is 12.6. The first-order chi connectivity index (χ1) is 17.0. The molecule has 0 aliphatic carbocycles. The van der Waals surface area contributed by atoms with E-state index in [0.29, 0.717) is 22.4 Å². The summed E-state index contributed by atoms with van der Waals surface area (Å²) in [6.45, 7) is 1.75. The molecule has 0 bridgehead atoms. The molecule has 0 unspecified atom stereocenters. The second kappa shape index (κ2) is 11.0. The SMILES string of the molecule is CC(=O)N(C)c1nc2ccc(CN(C)c3ccc(C(=O)N[C@@H](CCC(=O)[O-])C(=O)[O-])s3)cc2c(=O)[nH]1. The van der Waals surface area contributed by atoms with Gasteiger partial charge in [-0.3, -0.25) is 24.3 Å². The second-order valence-electron chi connectivity index (χ2n) is 8.07. The van der Waals surface area contributed by atoms with E-state index in [1.54, 1.807) is 31.3 Å². The zero-order valence-corrected chi connectivity index (χ0v) is 20.5. The molecular weight excluding hydrogens is 490 g/mol. The number of hydrogen-bond donors (Lipinski definition) is 2. The molecule has 0 spiro atoms. The quantitative estimate of drug-likeness (QED) is 0.343. The lowest BCUT2D eigenvalue weighted by molar-refractivity contribution is -0.309. The number of H-pyrrole nitrogens is 1. The predicted octanol–water partition coefficient (Wildman–Crippen LogP) is -1.02. The Morgan fingerprint density at radius 3 is 2.50 bits per heavy atom. The molecule has 1 aromatic carbocycles. The number of amides is 2. The lowest BCUT2D eigenvalue weighted by Gasteiger charge is -2.19. The minimum absolute atomic E-state index is 0.148. The molecule has 3 aromatic rings. The van der Waals surface area contributed by atoms with Crippen LogP contribution in [0.4, 0.5) is 10.9 Å². The molecule has 13 heteroatoms. The van der Waals surface area contributed by atoms with Crippen molar-refractivity contribution in [3.05, 3.63) is 51.1 Å². The molecular formula is C23H23N5O7S-2. The van der Waals surface area contributed by atoms with Crippen LogP contribution in [-0.4, -0.2) is 53.9 Å². The van der Waals surface area contributed by atoms with E-state index in [-0.39, 0.29) is 28.7 Å². The van der Waals surface area contributed by atoms with Crippen molar-refractivity contribution in [2.45, 2.75) is 32.4 Å². The number of aromatic amines is 1. The Balaban J connectivity index is 1.72. The van der Waals surface area contributed by atoms with Crippen LogP contribution in [0.2, 0.25) is 0 Å². The van der Waals surface area contributed by atoms with Crippen molar-refractivity contribution in [2.24, 2.45) is 0 Å². The highest BCUT2D eigenvalue weighted by Gasteiger charge is 2.18. The van der Waals surface area contributed by atoms with Crippen molar-refractivity contribution >= 4 is 56.9 Å². The van der Waals surface area contributed by atoms with E-state index in [0.717, 1.165) is 16.9 Å². The summed E-state index contributed by atoms with van der Waals surface area (Å²) >= 11 is 1.12. The molecule has 2 N–H and O–H groups in total. The summed E-state index contributed by atoms with van der Waals surface area (Å²) in [5.74, 6) is -3.80. The van der Waals surface area contributed by atoms with Gasteiger partial charge in [-0.2, -0.15) is 0 Å². The van der Waals surface area contributed by atoms with E-state index >= 15 is 0 Å². The number of thiophene rings is 1. The zero-order chi connectivity index (χ0) is 26.6. The number of rotatable bonds is 10. The molecule has 0 saturated carbocycles. The van der Waals surface area contributed by atoms with Gasteiger partial charge in [0.25, 0.3) is 11.5 Å². The molecule has 0 aliphatic rings. The van der Waals surface area contributed by atoms with Gasteiger partial charge in [-0.05, 0) is 42.7 Å². The third kappa shape index (κ3) is 6.24. The Kier molecular flexibility index (Phi) is 8.04. The molecule has 36 heavy (non-hydrogen) atoms. The molecule has 190 valence electrons. The van der Waals surface area contributed by atoms with E-state index in [4.69, 9.17) is 0 Å². The number of nitrogens with zero attached hydrogens (tertiary/aromatic N) is 3. The minimum Gasteiger partial charge on any atom is -0.550 e. The van der Waals surface area contributed by atoms with Crippen molar-refractivity contribution in [1.82, 2.24) is 15.3 Å². The Bertz CT molecular complexity index is 1380. The number of carbonyl (C=O) groups excluding carboxylic acids is 4. The maximum atomic E-state index is 12.6. The van der Waals surface area contributed by atoms with Gasteiger partial charge >= 0.3 is 0 Å². The van der Waals surface area contributed by atoms with Crippen LogP contribution < -0.4 is 30.9 Å². The van der Waals surface area contributed by atoms with E-state index in [9.17, 15) is 34.2 Å². The van der Waals surface area contributed by atoms with Gasteiger partial charge in [-0.1, -0.05) is 6.07 Å². The fraction of sp³-hybridized carbons (Fsp3) is 0.304. The van der Waals surface area contributed by atoms with Crippen LogP contribution in [0.15, 0.2) is 35.1 Å². The van der Waals surface area contributed by atoms with Crippen LogP contribution in [0.25, 0.3) is 10.9 Å². The third-order valence-electron chi connectivity index (χ3n) is 5.39. The fourth-order valence-corrected chi connectivity index (χ4v) is 4.20. The highest BCUT2D eigenvalue weighted by atomic mass is 32.1. The third-order valence-corrected chi connectivity index (χ3v) is 6.58. The van der Waals surface area contributed by atoms with Gasteiger partial charge in [0, 0.05) is 33.5 Å². The van der Waals surface area contributed by atoms with Crippen LogP contribution in [-0.2, 0) is 20.9 Å². The number of aliphatic carboxylic acids is 2. The van der Waals surface area contributed by atoms with Crippen molar-refractivity contribution < 1.29 is 29.4 Å². The average Bonchev–Trinajstić information content (AvgIpc) is 3.31. The van der Waals surface area contributed by atoms with Gasteiger partial charge in [0.1, 0.15) is 0 Å². The fourth-order valence-electron chi connectivity index (χ4n) is 3.33. The summed E-state index contributed by atoms with van der Waals surface area (Å²) in [4.78, 5) is 68.6. The molecule has 3 rings (SSSR count). The zero-order valence-electron chi connectivity index (χ0n) is 19.7. The summed E-state index contributed by atoms with van der Waals surface area (Å²) in [7, 11) is 3.30. The molecule has 0 aliphatic heterocycles. The van der Waals surface area contributed by atoms with Crippen molar-refractivity contribution in [2.75, 3.05) is 23.9 Å². The Morgan fingerprint density at radius 1 is 1.14 bits per heavy atom. The van der Waals surface area contributed by atoms with Gasteiger partial charge in [-0.15, -0.1) is 11.3 Å². The van der Waals surface area contributed by atoms with Gasteiger partial charge < -0.3 is 30.0 Å². The van der Waals surface area contributed by atoms with E-state index in [2.05, 4.69) is 15.3 Å². The van der Waals surface area contributed by atoms with Gasteiger partial charge in [0.15, 0.2) is 0 Å². The van der Waals surface area contributed by atoms with Gasteiger partial charge in [-0.25, -0.2) is 4.98 Å². The van der Waals surface area contributed by atoms with Gasteiger partial charge in [0.2, 0.25) is 11.9 Å². The van der Waals surface area contributed by atoms with Crippen LogP contribution in [0.1, 0.15) is 35.0 Å². The first-order valence-electron chi connectivity index (χ1n) is 10.8. The topological polar surface area (TPSA) is 179 Å². The number of carboxylic acid groups (broad SMARTS) is 2. The summed E-state index contributed by atoms with van der Waals surface area (Å²) in [6.07, 6.45) is -0.882. The van der Waals surface area contributed by atoms with Crippen LogP contribution in [0.3, 0.4) is 0 Å². The maximum Gasteiger partial charge on any atom is 0.261 e. The lowest BCUT2D eigenvalue weighted by atomic mass is 10.1. The Morgan fingerprint density at radius 2 is 1.86 bits per heavy atom. The van der Waals surface area contributed by atoms with Crippen molar-refractivity contribution in [1.29, 1.82) is 0 Å². The van der Waals surface area contributed by atoms with E-state index < -0.39 is 30.3 Å². The number of hydrogen-bond acceptors (Lipinski definition) is 10. The Hall–Kier alpha value is -4.26. The normalized spacial score (nSPS) is 11.6. The number of benzene rings is 1. The summed E-state index contributed by atoms with van der Waals surface area (Å²) < 4.78 is 0. The number of fused-ring (bicyclic) bond motifs is 1. The summed E-state index contributed by atoms with van der Waals surface area (Å²) in [5.41, 5.74) is 0.844. The van der Waals surface area contributed by atoms with E-state index in [1.807, 2.05) is 4.90 Å². The second-order valence-corrected chi connectivity index (χ2v) is 9.13. The number of nitrogens with one attached hydrogen (secondary N) is 2. The summed E-state index contributed by atoms with van der Waals surface area (Å²) in [5, 5.41) is 25.1. The molecule has 2 aromatic heterocycles. The number of carboxylic acids is 2. The van der Waals surface area contributed by atoms with Crippen molar-refractivity contribution in [3.63, 3.8) is 0 Å². The van der Waals surface area contributed by atoms with E-state index in [1.165, 1.54) is 24.9 Å².